The molecule has 0 heterocycles. The summed E-state index contributed by atoms with van der Waals surface area (Å²) < 4.78 is 13.6. The number of para-hydroxylation sites is 1. The molecule has 0 saturated carbocycles. The second-order valence-corrected chi connectivity index (χ2v) is 5.05. The van der Waals surface area contributed by atoms with Crippen LogP contribution in [0.2, 0.25) is 0 Å². The van der Waals surface area contributed by atoms with Gasteiger partial charge in [-0.3, -0.25) is 0 Å². The van der Waals surface area contributed by atoms with Crippen LogP contribution in [0.1, 0.15) is 11.1 Å². The minimum absolute atomic E-state index is 0.194. The summed E-state index contributed by atoms with van der Waals surface area (Å²) in [5, 5.41) is 0. The van der Waals surface area contributed by atoms with Gasteiger partial charge in [-0.25, -0.2) is 9.82 Å². The van der Waals surface area contributed by atoms with E-state index in [1.165, 1.54) is 0 Å². The number of nitrogens with zero attached hydrogens (tertiary/aromatic N) is 1. The zero-order valence-electron chi connectivity index (χ0n) is 11.9. The molecular formula is C16H20FN3. The molecule has 0 spiro atoms. The number of hydrogen-bond acceptors (Lipinski definition) is 3. The van der Waals surface area contributed by atoms with Crippen molar-refractivity contribution in [3.63, 3.8) is 0 Å². The lowest BCUT2D eigenvalue weighted by atomic mass is 10.1. The van der Waals surface area contributed by atoms with Crippen molar-refractivity contribution < 1.29 is 4.39 Å². The average molecular weight is 273 g/mol. The number of hydrogen-bond donors (Lipinski definition) is 2. The Hall–Kier alpha value is -1.91. The third kappa shape index (κ3) is 4.64. The van der Waals surface area contributed by atoms with E-state index in [1.807, 2.05) is 55.4 Å². The molecule has 106 valence electrons. The van der Waals surface area contributed by atoms with Crippen LogP contribution in [0.25, 0.3) is 0 Å². The Bertz CT molecular complexity index is 541. The van der Waals surface area contributed by atoms with Gasteiger partial charge >= 0.3 is 0 Å². The van der Waals surface area contributed by atoms with Crippen LogP contribution in [0.15, 0.2) is 48.5 Å². The van der Waals surface area contributed by atoms with Crippen LogP contribution in [0.3, 0.4) is 0 Å². The molecule has 0 fully saturated rings. The van der Waals surface area contributed by atoms with Gasteiger partial charge in [-0.2, -0.15) is 0 Å². The Labute approximate surface area is 119 Å². The van der Waals surface area contributed by atoms with Gasteiger partial charge < -0.3 is 10.3 Å². The molecule has 2 aromatic rings. The number of halogens is 1. The van der Waals surface area contributed by atoms with Crippen molar-refractivity contribution in [1.29, 1.82) is 0 Å². The highest BCUT2D eigenvalue weighted by atomic mass is 19.1. The van der Waals surface area contributed by atoms with Crippen LogP contribution in [0.4, 0.5) is 10.1 Å². The first-order valence-electron chi connectivity index (χ1n) is 6.60. The van der Waals surface area contributed by atoms with E-state index in [-0.39, 0.29) is 5.82 Å². The maximum atomic E-state index is 13.6. The SMILES string of the molecule is CN(C)Cc1cc(F)cc(CNNc2ccccc2)c1. The van der Waals surface area contributed by atoms with Gasteiger partial charge in [0.25, 0.3) is 0 Å². The molecular weight excluding hydrogens is 253 g/mol. The molecule has 0 aliphatic rings. The predicted octanol–water partition coefficient (Wildman–Crippen LogP) is 3.00. The summed E-state index contributed by atoms with van der Waals surface area (Å²) in [6.45, 7) is 1.30. The Morgan fingerprint density at radius 3 is 2.40 bits per heavy atom. The van der Waals surface area contributed by atoms with Crippen LogP contribution in [-0.2, 0) is 13.1 Å². The van der Waals surface area contributed by atoms with E-state index in [0.29, 0.717) is 6.54 Å². The molecule has 0 saturated heterocycles. The fraction of sp³-hybridized carbons (Fsp3) is 0.250. The van der Waals surface area contributed by atoms with Crippen molar-refractivity contribution in [1.82, 2.24) is 10.3 Å². The molecule has 0 atom stereocenters. The summed E-state index contributed by atoms with van der Waals surface area (Å²) in [6.07, 6.45) is 0. The Morgan fingerprint density at radius 2 is 1.70 bits per heavy atom. The van der Waals surface area contributed by atoms with Crippen molar-refractivity contribution in [2.24, 2.45) is 0 Å². The fourth-order valence-electron chi connectivity index (χ4n) is 2.05. The maximum Gasteiger partial charge on any atom is 0.123 e. The number of hydrazine groups is 1. The van der Waals surface area contributed by atoms with Gasteiger partial charge in [0.05, 0.1) is 0 Å². The van der Waals surface area contributed by atoms with Crippen LogP contribution in [-0.4, -0.2) is 19.0 Å². The molecule has 20 heavy (non-hydrogen) atoms. The molecule has 0 amide bonds. The van der Waals surface area contributed by atoms with Gasteiger partial charge in [-0.1, -0.05) is 24.3 Å². The first kappa shape index (κ1) is 14.5. The van der Waals surface area contributed by atoms with E-state index in [4.69, 9.17) is 0 Å². The molecule has 3 nitrogen and oxygen atoms in total. The normalized spacial score (nSPS) is 10.8. The molecule has 2 rings (SSSR count). The molecule has 0 radical (unpaired) electrons. The van der Waals surface area contributed by atoms with Gasteiger partial charge in [0.2, 0.25) is 0 Å². The number of benzene rings is 2. The lowest BCUT2D eigenvalue weighted by molar-refractivity contribution is 0.401. The summed E-state index contributed by atoms with van der Waals surface area (Å²) in [6, 6.07) is 15.0. The molecule has 0 bridgehead atoms. The van der Waals surface area contributed by atoms with Crippen molar-refractivity contribution in [3.05, 3.63) is 65.5 Å². The third-order valence-corrected chi connectivity index (χ3v) is 2.82. The zero-order valence-corrected chi connectivity index (χ0v) is 11.9. The topological polar surface area (TPSA) is 27.3 Å². The summed E-state index contributed by atoms with van der Waals surface area (Å²) in [7, 11) is 3.94. The van der Waals surface area contributed by atoms with E-state index < -0.39 is 0 Å². The van der Waals surface area contributed by atoms with Gasteiger partial charge in [-0.05, 0) is 49.5 Å². The monoisotopic (exact) mass is 273 g/mol. The van der Waals surface area contributed by atoms with Gasteiger partial charge in [0, 0.05) is 18.8 Å². The van der Waals surface area contributed by atoms with Crippen molar-refractivity contribution in [2.75, 3.05) is 19.5 Å². The van der Waals surface area contributed by atoms with E-state index in [9.17, 15) is 4.39 Å². The minimum Gasteiger partial charge on any atom is -0.321 e. The first-order chi connectivity index (χ1) is 9.63. The highest BCUT2D eigenvalue weighted by Gasteiger charge is 2.02. The largest absolute Gasteiger partial charge is 0.321 e. The van der Waals surface area contributed by atoms with E-state index in [2.05, 4.69) is 10.9 Å². The van der Waals surface area contributed by atoms with Gasteiger partial charge in [-0.15, -0.1) is 0 Å². The van der Waals surface area contributed by atoms with Crippen LogP contribution in [0.5, 0.6) is 0 Å². The van der Waals surface area contributed by atoms with E-state index in [1.54, 1.807) is 12.1 Å². The zero-order chi connectivity index (χ0) is 14.4. The Kier molecular flexibility index (Phi) is 5.09. The minimum atomic E-state index is -0.194. The van der Waals surface area contributed by atoms with Crippen LogP contribution < -0.4 is 10.9 Å². The van der Waals surface area contributed by atoms with Crippen LogP contribution in [0, 0.1) is 5.82 Å². The number of rotatable bonds is 6. The van der Waals surface area contributed by atoms with E-state index >= 15 is 0 Å². The highest BCUT2D eigenvalue weighted by molar-refractivity contribution is 5.41. The lowest BCUT2D eigenvalue weighted by Crippen LogP contribution is -2.21. The smallest absolute Gasteiger partial charge is 0.123 e. The van der Waals surface area contributed by atoms with E-state index in [0.717, 1.165) is 23.4 Å². The summed E-state index contributed by atoms with van der Waals surface area (Å²) in [5.74, 6) is -0.194. The third-order valence-electron chi connectivity index (χ3n) is 2.82. The van der Waals surface area contributed by atoms with Gasteiger partial charge in [0.15, 0.2) is 0 Å². The quantitative estimate of drug-likeness (QED) is 0.792. The standard InChI is InChI=1S/C16H20FN3/c1-20(2)12-14-8-13(9-15(17)10-14)11-18-19-16-6-4-3-5-7-16/h3-10,18-19H,11-12H2,1-2H3. The second-order valence-electron chi connectivity index (χ2n) is 5.05. The fourth-order valence-corrected chi connectivity index (χ4v) is 2.05. The van der Waals surface area contributed by atoms with Crippen molar-refractivity contribution >= 4 is 5.69 Å². The van der Waals surface area contributed by atoms with Crippen LogP contribution >= 0.6 is 0 Å². The highest BCUT2D eigenvalue weighted by Crippen LogP contribution is 2.11. The summed E-state index contributed by atoms with van der Waals surface area (Å²) >= 11 is 0. The van der Waals surface area contributed by atoms with Gasteiger partial charge in [0.1, 0.15) is 5.82 Å². The second kappa shape index (κ2) is 7.03. The summed E-state index contributed by atoms with van der Waals surface area (Å²) in [4.78, 5) is 2.02. The molecule has 2 aromatic carbocycles. The average Bonchev–Trinajstić information content (AvgIpc) is 2.38. The van der Waals surface area contributed by atoms with Crippen molar-refractivity contribution in [3.8, 4) is 0 Å². The number of nitrogens with one attached hydrogen (secondary N) is 2. The molecule has 0 aliphatic carbocycles. The first-order valence-corrected chi connectivity index (χ1v) is 6.60. The number of anilines is 1. The lowest BCUT2D eigenvalue weighted by Gasteiger charge is -2.12. The molecule has 2 N–H and O–H groups in total. The molecule has 0 aromatic heterocycles. The Balaban J connectivity index is 1.93. The molecule has 0 aliphatic heterocycles. The predicted molar refractivity (Wildman–Crippen MR) is 80.7 cm³/mol. The Morgan fingerprint density at radius 1 is 1.00 bits per heavy atom. The molecule has 4 heteroatoms. The molecule has 0 unspecified atom stereocenters. The van der Waals surface area contributed by atoms with Crippen molar-refractivity contribution in [2.45, 2.75) is 13.1 Å². The summed E-state index contributed by atoms with van der Waals surface area (Å²) in [5.41, 5.74) is 9.07. The maximum absolute atomic E-state index is 13.6.